The van der Waals surface area contributed by atoms with Gasteiger partial charge in [-0.25, -0.2) is 14.2 Å². The first-order valence-electron chi connectivity index (χ1n) is 10.3. The quantitative estimate of drug-likeness (QED) is 0.824. The lowest BCUT2D eigenvalue weighted by molar-refractivity contribution is 0.328. The second-order valence-electron chi connectivity index (χ2n) is 4.19. The molecule has 2 aromatic rings. The van der Waals surface area contributed by atoms with E-state index >= 15 is 0 Å². The van der Waals surface area contributed by atoms with E-state index in [0.717, 1.165) is 4.57 Å². The highest BCUT2D eigenvalue weighted by atomic mass is 19.1. The Morgan fingerprint density at radius 1 is 1.55 bits per heavy atom. The van der Waals surface area contributed by atoms with Gasteiger partial charge < -0.3 is 4.57 Å². The van der Waals surface area contributed by atoms with Gasteiger partial charge in [-0.1, -0.05) is 0 Å². The molecule has 7 heteroatoms. The Balaban J connectivity index is 2.45. The van der Waals surface area contributed by atoms with Gasteiger partial charge in [-0.2, -0.15) is 0 Å². The number of fused-ring (bicyclic) bond motifs is 1. The number of imidazole rings is 1. The molecule has 0 fully saturated rings. The van der Waals surface area contributed by atoms with Crippen LogP contribution in [0.2, 0.25) is 0 Å². The molecule has 0 amide bonds. The highest BCUT2D eigenvalue weighted by molar-refractivity contribution is 5.69. The third-order valence-corrected chi connectivity index (χ3v) is 2.86. The number of aryl methyl sites for hydroxylation is 2. The monoisotopic (exact) mass is 291 g/mol. The molecule has 0 radical (unpaired) electrons. The smallest absolute Gasteiger partial charge is 0.328 e. The van der Waals surface area contributed by atoms with Crippen LogP contribution >= 0.6 is 0 Å². The van der Waals surface area contributed by atoms with Crippen molar-refractivity contribution in [1.29, 1.82) is 0 Å². The molecule has 0 saturated carbocycles. The van der Waals surface area contributed by atoms with Crippen molar-refractivity contribution in [3.05, 3.63) is 27.1 Å². The van der Waals surface area contributed by atoms with Gasteiger partial charge in [0.25, 0.3) is 5.56 Å². The Hall–Kier alpha value is -1.92. The van der Waals surface area contributed by atoms with Gasteiger partial charge in [-0.15, -0.1) is 0 Å². The largest absolute Gasteiger partial charge is 0.332 e. The molecule has 0 aliphatic heterocycles. The van der Waals surface area contributed by atoms with Crippen LogP contribution in [0.5, 0.6) is 0 Å². The zero-order valence-corrected chi connectivity index (χ0v) is 10.7. The molecular weight excluding hydrogens is 263 g/mol. The van der Waals surface area contributed by atoms with E-state index in [2.05, 4.69) is 4.98 Å². The Bertz CT molecular complexity index is 1030. The van der Waals surface area contributed by atoms with Crippen molar-refractivity contribution in [2.24, 2.45) is 14.0 Å². The van der Waals surface area contributed by atoms with E-state index in [-0.39, 0.29) is 12.1 Å². The lowest BCUT2D eigenvalue weighted by Crippen LogP contribution is -2.39. The zero-order chi connectivity index (χ0) is 22.5. The maximum Gasteiger partial charge on any atom is 0.332 e. The molecule has 0 aliphatic rings. The van der Waals surface area contributed by atoms with Crippen LogP contribution in [0, 0.1) is 0 Å². The first kappa shape index (κ1) is 6.69. The molecule has 0 aliphatic carbocycles. The predicted octanol–water partition coefficient (Wildman–Crippen LogP) is 0.962. The van der Waals surface area contributed by atoms with Gasteiger partial charge >= 0.3 is 5.69 Å². The second-order valence-corrected chi connectivity index (χ2v) is 4.19. The molecule has 2 rings (SSSR count). The molecule has 110 valence electrons. The van der Waals surface area contributed by atoms with Crippen molar-refractivity contribution in [2.45, 2.75) is 38.8 Å². The average molecular weight is 291 g/mol. The molecule has 0 bridgehead atoms. The third kappa shape index (κ3) is 2.52. The number of hydrogen-bond acceptors (Lipinski definition) is 3. The van der Waals surface area contributed by atoms with Gasteiger partial charge in [-0.3, -0.25) is 13.9 Å². The van der Waals surface area contributed by atoms with Crippen LogP contribution in [-0.2, 0) is 20.6 Å². The van der Waals surface area contributed by atoms with E-state index in [0.29, 0.717) is 9.13 Å². The molecule has 0 spiro atoms. The average Bonchev–Trinajstić information content (AvgIpc) is 2.92. The Labute approximate surface area is 128 Å². The van der Waals surface area contributed by atoms with Crippen LogP contribution in [-0.4, -0.2) is 24.9 Å². The molecule has 6 nitrogen and oxygen atoms in total. The predicted molar refractivity (Wildman–Crippen MR) is 74.6 cm³/mol. The number of alkyl halides is 1. The van der Waals surface area contributed by atoms with Crippen LogP contribution in [0.1, 0.15) is 38.4 Å². The van der Waals surface area contributed by atoms with E-state index in [9.17, 15) is 14.0 Å². The third-order valence-electron chi connectivity index (χ3n) is 2.86. The second kappa shape index (κ2) is 5.60. The summed E-state index contributed by atoms with van der Waals surface area (Å²) in [5.74, 6) is 0. The van der Waals surface area contributed by atoms with Gasteiger partial charge in [0.2, 0.25) is 0 Å². The zero-order valence-electron chi connectivity index (χ0n) is 19.7. The van der Waals surface area contributed by atoms with Crippen molar-refractivity contribution in [1.82, 2.24) is 18.7 Å². The summed E-state index contributed by atoms with van der Waals surface area (Å²) in [6, 6.07) is 0. The van der Waals surface area contributed by atoms with Crippen LogP contribution in [0.4, 0.5) is 4.39 Å². The number of aromatic nitrogens is 4. The van der Waals surface area contributed by atoms with Gasteiger partial charge in [0, 0.05) is 31.5 Å². The fourth-order valence-electron chi connectivity index (χ4n) is 1.87. The van der Waals surface area contributed by atoms with Crippen LogP contribution in [0.3, 0.4) is 0 Å². The molecule has 0 aromatic carbocycles. The molecule has 0 N–H and O–H groups in total. The number of halogens is 1. The normalized spacial score (nSPS) is 21.6. The highest BCUT2D eigenvalue weighted by Crippen LogP contribution is 2.06. The number of hydrogen-bond donors (Lipinski definition) is 0. The summed E-state index contributed by atoms with van der Waals surface area (Å²) in [6.07, 6.45) is -7.07. The molecule has 1 atom stereocenters. The van der Waals surface area contributed by atoms with E-state index in [1.807, 2.05) is 0 Å². The summed E-state index contributed by atoms with van der Waals surface area (Å²) < 4.78 is 82.1. The Morgan fingerprint density at radius 2 is 2.35 bits per heavy atom. The molecule has 0 saturated heterocycles. The van der Waals surface area contributed by atoms with Crippen LogP contribution in [0.25, 0.3) is 11.2 Å². The first-order valence-corrected chi connectivity index (χ1v) is 5.83. The van der Waals surface area contributed by atoms with Gasteiger partial charge in [-0.05, 0) is 26.1 Å². The lowest BCUT2D eigenvalue weighted by Gasteiger charge is -2.08. The van der Waals surface area contributed by atoms with Gasteiger partial charge in [0.05, 0.1) is 12.5 Å². The van der Waals surface area contributed by atoms with Crippen molar-refractivity contribution >= 4 is 11.2 Å². The number of nitrogens with zero attached hydrogens (tertiary/aromatic N) is 4. The number of rotatable bonds is 5. The topological polar surface area (TPSA) is 61.8 Å². The summed E-state index contributed by atoms with van der Waals surface area (Å²) in [5, 5.41) is 0. The summed E-state index contributed by atoms with van der Waals surface area (Å²) >= 11 is 0. The maximum absolute atomic E-state index is 13.9. The Kier molecular flexibility index (Phi) is 1.87. The minimum atomic E-state index is -3.16. The standard InChI is InChI=1S/C13H19FN4O2/c1-9(14)6-4-5-7-18-12(19)10-11(15-8-16(10)2)17(3)13(18)20/h8-9H,4-7H2,1-3H3/i1D3,2D3,6D2,8D. The summed E-state index contributed by atoms with van der Waals surface area (Å²) in [6.45, 7) is -6.47. The molecule has 2 aromatic heterocycles. The first-order chi connectivity index (χ1) is 13.0. The SMILES string of the molecule is [2H]c1nc2c(c(=O)n(CCCC([2H])([2H])C(F)C([2H])([2H])[2H])c(=O)n2C)n1C([2H])([2H])[2H]. The van der Waals surface area contributed by atoms with Crippen molar-refractivity contribution in [3.63, 3.8) is 0 Å². The fraction of sp³-hybridized carbons (Fsp3) is 0.615. The minimum Gasteiger partial charge on any atom is -0.328 e. The molecule has 2 heterocycles. The van der Waals surface area contributed by atoms with Crippen molar-refractivity contribution < 1.29 is 16.7 Å². The van der Waals surface area contributed by atoms with Crippen LogP contribution < -0.4 is 11.2 Å². The molecular formula is C13H19FN4O2. The minimum absolute atomic E-state index is 0.264. The molecule has 1 unspecified atom stereocenters. The van der Waals surface area contributed by atoms with Crippen LogP contribution in [0.15, 0.2) is 15.9 Å². The highest BCUT2D eigenvalue weighted by Gasteiger charge is 2.14. The van der Waals surface area contributed by atoms with Gasteiger partial charge in [0.1, 0.15) is 1.37 Å². The summed E-state index contributed by atoms with van der Waals surface area (Å²) in [4.78, 5) is 28.8. The fourth-order valence-corrected chi connectivity index (χ4v) is 1.87. The van der Waals surface area contributed by atoms with E-state index in [1.165, 1.54) is 7.05 Å². The van der Waals surface area contributed by atoms with Crippen molar-refractivity contribution in [2.75, 3.05) is 0 Å². The van der Waals surface area contributed by atoms with Crippen molar-refractivity contribution in [3.8, 4) is 0 Å². The molecule has 20 heavy (non-hydrogen) atoms. The van der Waals surface area contributed by atoms with E-state index in [4.69, 9.17) is 12.3 Å². The maximum atomic E-state index is 13.9. The van der Waals surface area contributed by atoms with Gasteiger partial charge in [0.15, 0.2) is 11.2 Å². The Morgan fingerprint density at radius 3 is 3.05 bits per heavy atom. The lowest BCUT2D eigenvalue weighted by atomic mass is 10.2. The van der Waals surface area contributed by atoms with E-state index in [1.54, 1.807) is 0 Å². The summed E-state index contributed by atoms with van der Waals surface area (Å²) in [5.41, 5.74) is -2.71. The van der Waals surface area contributed by atoms with E-state index < -0.39 is 62.4 Å². The summed E-state index contributed by atoms with van der Waals surface area (Å²) in [7, 11) is 1.22.